The van der Waals surface area contributed by atoms with Gasteiger partial charge in [-0.2, -0.15) is 8.78 Å². The van der Waals surface area contributed by atoms with Crippen LogP contribution in [-0.2, 0) is 14.3 Å². The van der Waals surface area contributed by atoms with Crippen molar-refractivity contribution in [2.75, 3.05) is 49.6 Å². The smallest absolute Gasteiger partial charge is 0.387 e. The third-order valence-corrected chi connectivity index (χ3v) is 5.78. The number of halogens is 4. The third-order valence-electron chi connectivity index (χ3n) is 5.78. The molecule has 3 N–H and O–H groups in total. The molecule has 0 radical (unpaired) electrons. The fourth-order valence-corrected chi connectivity index (χ4v) is 3.94. The molecule has 1 aliphatic heterocycles. The number of hydrogen-bond acceptors (Lipinski definition) is 6. The van der Waals surface area contributed by atoms with Gasteiger partial charge in [-0.1, -0.05) is 6.42 Å². The fourth-order valence-electron chi connectivity index (χ4n) is 3.94. The molecular weight excluding hydrogens is 448 g/mol. The summed E-state index contributed by atoms with van der Waals surface area (Å²) in [6, 6.07) is 2.95. The first-order chi connectivity index (χ1) is 15.8. The lowest BCUT2D eigenvalue weighted by molar-refractivity contribution is -0.126. The summed E-state index contributed by atoms with van der Waals surface area (Å²) in [6.07, 6.45) is 0.212. The molecule has 1 saturated carbocycles. The summed E-state index contributed by atoms with van der Waals surface area (Å²) in [5.74, 6) is -1.11. The number of nitrogens with zero attached hydrogens (tertiary/aromatic N) is 2. The van der Waals surface area contributed by atoms with E-state index in [1.165, 1.54) is 28.0 Å². The van der Waals surface area contributed by atoms with Crippen LogP contribution in [0.5, 0.6) is 5.75 Å². The number of anilines is 2. The van der Waals surface area contributed by atoms with E-state index in [0.717, 1.165) is 19.3 Å². The van der Waals surface area contributed by atoms with Crippen molar-refractivity contribution in [3.63, 3.8) is 0 Å². The average Bonchev–Trinajstić information content (AvgIpc) is 2.71. The largest absolute Gasteiger partial charge is 0.433 e. The monoisotopic (exact) mass is 476 g/mol. The zero-order valence-electron chi connectivity index (χ0n) is 18.0. The Hall–Kier alpha value is -2.44. The van der Waals surface area contributed by atoms with E-state index in [4.69, 9.17) is 10.5 Å². The number of nitrogens with two attached hydrogens (primary N) is 1. The minimum Gasteiger partial charge on any atom is -0.433 e. The predicted octanol–water partition coefficient (Wildman–Crippen LogP) is 2.28. The summed E-state index contributed by atoms with van der Waals surface area (Å²) in [5, 5.41) is 2.55. The second kappa shape index (κ2) is 11.6. The van der Waals surface area contributed by atoms with E-state index >= 15 is 0 Å². The van der Waals surface area contributed by atoms with Crippen molar-refractivity contribution in [3.05, 3.63) is 18.2 Å². The molecule has 2 amide bonds. The van der Waals surface area contributed by atoms with Gasteiger partial charge >= 0.3 is 6.61 Å². The van der Waals surface area contributed by atoms with Crippen LogP contribution in [0.3, 0.4) is 0 Å². The lowest BCUT2D eigenvalue weighted by Gasteiger charge is -2.36. The van der Waals surface area contributed by atoms with Crippen molar-refractivity contribution in [1.29, 1.82) is 0 Å². The Morgan fingerprint density at radius 2 is 2.06 bits per heavy atom. The Labute approximate surface area is 189 Å². The number of carbonyl (C=O) groups is 2. The highest BCUT2D eigenvalue weighted by atomic mass is 19.3. The van der Waals surface area contributed by atoms with Gasteiger partial charge in [-0.25, -0.2) is 8.78 Å². The number of ether oxygens (including phenoxy) is 2. The Balaban J connectivity index is 1.78. The van der Waals surface area contributed by atoms with Crippen molar-refractivity contribution in [2.24, 2.45) is 11.7 Å². The topological polar surface area (TPSA) is 97.1 Å². The van der Waals surface area contributed by atoms with Gasteiger partial charge in [0.15, 0.2) is 5.75 Å². The average molecular weight is 476 g/mol. The maximum Gasteiger partial charge on any atom is 0.387 e. The van der Waals surface area contributed by atoms with E-state index in [1.54, 1.807) is 0 Å². The second-order valence-electron chi connectivity index (χ2n) is 8.04. The molecule has 1 saturated heterocycles. The van der Waals surface area contributed by atoms with E-state index in [0.29, 0.717) is 6.54 Å². The Bertz CT molecular complexity index is 825. The van der Waals surface area contributed by atoms with E-state index in [9.17, 15) is 27.2 Å². The molecule has 1 heterocycles. The van der Waals surface area contributed by atoms with Gasteiger partial charge in [-0.15, -0.1) is 0 Å². The van der Waals surface area contributed by atoms with E-state index in [1.807, 2.05) is 0 Å². The van der Waals surface area contributed by atoms with Gasteiger partial charge in [0.05, 0.1) is 18.8 Å². The first-order valence-electron chi connectivity index (χ1n) is 10.8. The lowest BCUT2D eigenvalue weighted by atomic mass is 9.85. The number of nitrogens with one attached hydrogen (secondary N) is 1. The molecule has 0 bridgehead atoms. The number of alkyl halides is 4. The highest BCUT2D eigenvalue weighted by Gasteiger charge is 2.31. The van der Waals surface area contributed by atoms with Gasteiger partial charge in [-0.05, 0) is 30.9 Å². The fraction of sp³-hybridized carbons (Fsp3) is 0.619. The molecule has 3 rings (SSSR count). The van der Waals surface area contributed by atoms with Crippen LogP contribution in [0.4, 0.5) is 28.9 Å². The molecule has 1 atom stereocenters. The van der Waals surface area contributed by atoms with Crippen molar-refractivity contribution in [1.82, 2.24) is 4.90 Å². The zero-order valence-corrected chi connectivity index (χ0v) is 18.0. The molecule has 2 aliphatic rings. The summed E-state index contributed by atoms with van der Waals surface area (Å²) < 4.78 is 61.9. The predicted molar refractivity (Wildman–Crippen MR) is 113 cm³/mol. The van der Waals surface area contributed by atoms with Gasteiger partial charge in [0.2, 0.25) is 5.91 Å². The van der Waals surface area contributed by atoms with Gasteiger partial charge in [-0.3, -0.25) is 14.5 Å². The Kier molecular flexibility index (Phi) is 8.87. The van der Waals surface area contributed by atoms with Crippen molar-refractivity contribution >= 4 is 23.2 Å². The van der Waals surface area contributed by atoms with Crippen molar-refractivity contribution in [2.45, 2.75) is 38.3 Å². The highest BCUT2D eigenvalue weighted by Crippen LogP contribution is 2.34. The number of rotatable bonds is 11. The molecule has 1 aromatic carbocycles. The molecule has 8 nitrogen and oxygen atoms in total. The summed E-state index contributed by atoms with van der Waals surface area (Å²) in [6.45, 7) is -3.41. The number of hydrogen-bond donors (Lipinski definition) is 2. The van der Waals surface area contributed by atoms with Crippen LogP contribution >= 0.6 is 0 Å². The molecule has 1 aromatic rings. The molecule has 0 unspecified atom stereocenters. The second-order valence-corrected chi connectivity index (χ2v) is 8.04. The minimum atomic E-state index is -3.16. The number of morpholine rings is 1. The maximum absolute atomic E-state index is 13.1. The molecule has 1 aliphatic carbocycles. The number of carbonyl (C=O) groups excluding carboxylic acids is 2. The summed E-state index contributed by atoms with van der Waals surface area (Å²) in [4.78, 5) is 27.6. The highest BCUT2D eigenvalue weighted by molar-refractivity contribution is 5.98. The third kappa shape index (κ3) is 6.78. The minimum absolute atomic E-state index is 0.110. The standard InChI is InChI=1S/C21H28F4N4O4/c22-18(23)11-28(10-13-2-1-3-13)16(9-26)20(31)27-14-4-5-15(17(8-14)33-21(24)25)29-6-7-32-12-19(29)30/h4-5,8,13,16,18,21H,1-3,6-7,9-12,26H2,(H,27,31)/t16-/m1/s1. The number of benzene rings is 1. The van der Waals surface area contributed by atoms with Gasteiger partial charge in [0.1, 0.15) is 12.6 Å². The maximum atomic E-state index is 13.1. The lowest BCUT2D eigenvalue weighted by Crippen LogP contribution is -2.52. The van der Waals surface area contributed by atoms with Crippen LogP contribution in [0.15, 0.2) is 18.2 Å². The van der Waals surface area contributed by atoms with Gasteiger partial charge in [0.25, 0.3) is 12.3 Å². The zero-order chi connectivity index (χ0) is 24.0. The van der Waals surface area contributed by atoms with E-state index in [-0.39, 0.29) is 49.3 Å². The summed E-state index contributed by atoms with van der Waals surface area (Å²) in [7, 11) is 0. The summed E-state index contributed by atoms with van der Waals surface area (Å²) >= 11 is 0. The van der Waals surface area contributed by atoms with Crippen molar-refractivity contribution in [3.8, 4) is 5.75 Å². The molecule has 0 aromatic heterocycles. The SMILES string of the molecule is NC[C@H](C(=O)Nc1ccc(N2CCOCC2=O)c(OC(F)F)c1)N(CC(F)F)CC1CCC1. The van der Waals surface area contributed by atoms with Crippen LogP contribution in [0.1, 0.15) is 19.3 Å². The van der Waals surface area contributed by atoms with Crippen LogP contribution in [-0.4, -0.2) is 75.2 Å². The summed E-state index contributed by atoms with van der Waals surface area (Å²) in [5.41, 5.74) is 5.97. The Morgan fingerprint density at radius 1 is 1.30 bits per heavy atom. The van der Waals surface area contributed by atoms with Crippen LogP contribution in [0, 0.1) is 5.92 Å². The molecule has 33 heavy (non-hydrogen) atoms. The van der Waals surface area contributed by atoms with Gasteiger partial charge in [0, 0.05) is 31.4 Å². The normalized spacial score (nSPS) is 18.1. The number of amides is 2. The van der Waals surface area contributed by atoms with E-state index < -0.39 is 37.4 Å². The van der Waals surface area contributed by atoms with Gasteiger partial charge < -0.3 is 25.4 Å². The molecule has 0 spiro atoms. The first kappa shape index (κ1) is 25.2. The Morgan fingerprint density at radius 3 is 2.64 bits per heavy atom. The quantitative estimate of drug-likeness (QED) is 0.476. The molecule has 184 valence electrons. The van der Waals surface area contributed by atoms with E-state index in [2.05, 4.69) is 10.1 Å². The van der Waals surface area contributed by atoms with Crippen LogP contribution in [0.25, 0.3) is 0 Å². The van der Waals surface area contributed by atoms with Crippen molar-refractivity contribution < 1.29 is 36.6 Å². The molecule has 12 heteroatoms. The van der Waals surface area contributed by atoms with Crippen LogP contribution in [0.2, 0.25) is 0 Å². The molecular formula is C21H28F4N4O4. The first-order valence-corrected chi connectivity index (χ1v) is 10.8. The molecule has 2 fully saturated rings. The van der Waals surface area contributed by atoms with Crippen LogP contribution < -0.4 is 20.7 Å².